The van der Waals surface area contributed by atoms with Gasteiger partial charge in [-0.25, -0.2) is 0 Å². The second-order valence-corrected chi connectivity index (χ2v) is 5.71. The fraction of sp³-hybridized carbons (Fsp3) is 0.529. The number of piperazine rings is 1. The summed E-state index contributed by atoms with van der Waals surface area (Å²) in [6.45, 7) is 5.10. The smallest absolute Gasteiger partial charge is 0.226 e. The van der Waals surface area contributed by atoms with Gasteiger partial charge in [-0.1, -0.05) is 17.7 Å². The molecule has 0 radical (unpaired) electrons. The zero-order valence-electron chi connectivity index (χ0n) is 13.7. The first kappa shape index (κ1) is 17.3. The third kappa shape index (κ3) is 5.25. The summed E-state index contributed by atoms with van der Waals surface area (Å²) in [7, 11) is 0. The second-order valence-electron chi connectivity index (χ2n) is 5.71. The molecule has 2 N–H and O–H groups in total. The summed E-state index contributed by atoms with van der Waals surface area (Å²) >= 11 is 0. The highest BCUT2D eigenvalue weighted by atomic mass is 16.5. The van der Waals surface area contributed by atoms with Crippen LogP contribution in [-0.2, 0) is 9.59 Å². The number of carbonyl (C=O) groups is 2. The number of amides is 2. The Bertz CT molecular complexity index is 522. The molecule has 126 valence electrons. The molecule has 0 spiro atoms. The zero-order valence-corrected chi connectivity index (χ0v) is 13.7. The van der Waals surface area contributed by atoms with Gasteiger partial charge in [0, 0.05) is 39.1 Å². The van der Waals surface area contributed by atoms with Gasteiger partial charge in [0.15, 0.2) is 0 Å². The van der Waals surface area contributed by atoms with Crippen LogP contribution in [0.4, 0.5) is 0 Å². The Hall–Kier alpha value is -2.08. The van der Waals surface area contributed by atoms with E-state index in [0.717, 1.165) is 5.75 Å². The summed E-state index contributed by atoms with van der Waals surface area (Å²) in [4.78, 5) is 27.5. The number of aryl methyl sites for hydroxylation is 1. The lowest BCUT2D eigenvalue weighted by Crippen LogP contribution is -2.51. The van der Waals surface area contributed by atoms with Crippen LogP contribution in [0.3, 0.4) is 0 Å². The summed E-state index contributed by atoms with van der Waals surface area (Å²) in [6, 6.07) is 7.77. The van der Waals surface area contributed by atoms with Gasteiger partial charge in [0.05, 0.1) is 13.0 Å². The maximum absolute atomic E-state index is 12.2. The monoisotopic (exact) mass is 319 g/mol. The Labute approximate surface area is 137 Å². The molecule has 0 aromatic heterocycles. The van der Waals surface area contributed by atoms with E-state index in [1.807, 2.05) is 31.2 Å². The minimum Gasteiger partial charge on any atom is -0.493 e. The van der Waals surface area contributed by atoms with Crippen LogP contribution in [0.25, 0.3) is 0 Å². The van der Waals surface area contributed by atoms with Crippen molar-refractivity contribution in [1.82, 2.24) is 9.80 Å². The Morgan fingerprint density at radius 2 is 1.52 bits per heavy atom. The molecule has 2 amide bonds. The van der Waals surface area contributed by atoms with Gasteiger partial charge in [-0.3, -0.25) is 9.59 Å². The molecule has 1 aliphatic rings. The van der Waals surface area contributed by atoms with E-state index in [9.17, 15) is 9.59 Å². The third-order valence-electron chi connectivity index (χ3n) is 3.95. The number of carbonyl (C=O) groups excluding carboxylic acids is 2. The van der Waals surface area contributed by atoms with E-state index in [1.165, 1.54) is 5.56 Å². The van der Waals surface area contributed by atoms with Crippen molar-refractivity contribution < 1.29 is 14.3 Å². The van der Waals surface area contributed by atoms with Crippen molar-refractivity contribution in [1.29, 1.82) is 0 Å². The quantitative estimate of drug-likeness (QED) is 0.841. The first-order valence-corrected chi connectivity index (χ1v) is 8.05. The van der Waals surface area contributed by atoms with Gasteiger partial charge in [0.25, 0.3) is 0 Å². The Kier molecular flexibility index (Phi) is 6.40. The van der Waals surface area contributed by atoms with E-state index in [-0.39, 0.29) is 11.8 Å². The molecule has 0 saturated carbocycles. The summed E-state index contributed by atoms with van der Waals surface area (Å²) in [6.07, 6.45) is 0.725. The van der Waals surface area contributed by atoms with E-state index in [0.29, 0.717) is 52.2 Å². The molecule has 23 heavy (non-hydrogen) atoms. The van der Waals surface area contributed by atoms with Crippen molar-refractivity contribution in [2.75, 3.05) is 39.3 Å². The minimum atomic E-state index is 0.0716. The number of nitrogens with zero attached hydrogens (tertiary/aromatic N) is 2. The first-order chi connectivity index (χ1) is 11.1. The summed E-state index contributed by atoms with van der Waals surface area (Å²) in [5, 5.41) is 0. The van der Waals surface area contributed by atoms with Crippen LogP contribution in [0.2, 0.25) is 0 Å². The third-order valence-corrected chi connectivity index (χ3v) is 3.95. The lowest BCUT2D eigenvalue weighted by atomic mass is 10.2. The van der Waals surface area contributed by atoms with Crippen LogP contribution in [0.5, 0.6) is 5.75 Å². The summed E-state index contributed by atoms with van der Waals surface area (Å²) in [5.41, 5.74) is 6.57. The van der Waals surface area contributed by atoms with Crippen molar-refractivity contribution in [2.45, 2.75) is 19.8 Å². The normalized spacial score (nSPS) is 14.7. The van der Waals surface area contributed by atoms with Crippen LogP contribution in [-0.4, -0.2) is 60.9 Å². The minimum absolute atomic E-state index is 0.0716. The van der Waals surface area contributed by atoms with Crippen LogP contribution >= 0.6 is 0 Å². The molecule has 1 aromatic carbocycles. The maximum atomic E-state index is 12.2. The van der Waals surface area contributed by atoms with Crippen molar-refractivity contribution in [2.24, 2.45) is 5.73 Å². The van der Waals surface area contributed by atoms with Gasteiger partial charge in [-0.05, 0) is 19.1 Å². The molecular weight excluding hydrogens is 294 g/mol. The van der Waals surface area contributed by atoms with Crippen LogP contribution in [0.1, 0.15) is 18.4 Å². The summed E-state index contributed by atoms with van der Waals surface area (Å²) in [5.74, 6) is 0.922. The van der Waals surface area contributed by atoms with Gasteiger partial charge < -0.3 is 20.3 Å². The van der Waals surface area contributed by atoms with Crippen LogP contribution < -0.4 is 10.5 Å². The average Bonchev–Trinajstić information content (AvgIpc) is 2.57. The molecule has 0 bridgehead atoms. The second kappa shape index (κ2) is 8.53. The van der Waals surface area contributed by atoms with Crippen molar-refractivity contribution >= 4 is 11.8 Å². The van der Waals surface area contributed by atoms with Gasteiger partial charge in [0.1, 0.15) is 5.75 Å². The number of hydrogen-bond acceptors (Lipinski definition) is 4. The lowest BCUT2D eigenvalue weighted by molar-refractivity contribution is -0.139. The first-order valence-electron chi connectivity index (χ1n) is 8.05. The summed E-state index contributed by atoms with van der Waals surface area (Å²) < 4.78 is 5.59. The largest absolute Gasteiger partial charge is 0.493 e. The number of benzene rings is 1. The molecule has 6 heteroatoms. The fourth-order valence-electron chi connectivity index (χ4n) is 2.54. The molecule has 1 aliphatic heterocycles. The highest BCUT2D eigenvalue weighted by molar-refractivity contribution is 5.78. The topological polar surface area (TPSA) is 75.9 Å². The molecule has 1 heterocycles. The van der Waals surface area contributed by atoms with E-state index < -0.39 is 0 Å². The van der Waals surface area contributed by atoms with Gasteiger partial charge in [-0.2, -0.15) is 0 Å². The number of nitrogens with two attached hydrogens (primary N) is 1. The van der Waals surface area contributed by atoms with Gasteiger partial charge in [0.2, 0.25) is 11.8 Å². The van der Waals surface area contributed by atoms with E-state index >= 15 is 0 Å². The fourth-order valence-corrected chi connectivity index (χ4v) is 2.54. The highest BCUT2D eigenvalue weighted by Gasteiger charge is 2.23. The van der Waals surface area contributed by atoms with Crippen molar-refractivity contribution in [3.63, 3.8) is 0 Å². The molecule has 0 aliphatic carbocycles. The molecular formula is C17H25N3O3. The standard InChI is InChI=1S/C17H25N3O3/c1-14-2-4-15(5-3-14)23-13-7-17(22)20-11-9-19(10-12-20)16(21)6-8-18/h2-5H,6-13,18H2,1H3. The maximum Gasteiger partial charge on any atom is 0.226 e. The Morgan fingerprint density at radius 1 is 1.00 bits per heavy atom. The predicted molar refractivity (Wildman–Crippen MR) is 88.1 cm³/mol. The zero-order chi connectivity index (χ0) is 16.7. The van der Waals surface area contributed by atoms with Crippen LogP contribution in [0, 0.1) is 6.92 Å². The molecule has 0 unspecified atom stereocenters. The molecule has 0 atom stereocenters. The van der Waals surface area contributed by atoms with Crippen molar-refractivity contribution in [3.8, 4) is 5.75 Å². The number of rotatable bonds is 6. The van der Waals surface area contributed by atoms with Gasteiger partial charge >= 0.3 is 0 Å². The van der Waals surface area contributed by atoms with Crippen LogP contribution in [0.15, 0.2) is 24.3 Å². The van der Waals surface area contributed by atoms with E-state index in [2.05, 4.69) is 0 Å². The number of hydrogen-bond donors (Lipinski definition) is 1. The lowest BCUT2D eigenvalue weighted by Gasteiger charge is -2.34. The molecule has 1 fully saturated rings. The van der Waals surface area contributed by atoms with E-state index in [4.69, 9.17) is 10.5 Å². The predicted octanol–water partition coefficient (Wildman–Crippen LogP) is 0.784. The SMILES string of the molecule is Cc1ccc(OCCC(=O)N2CCN(C(=O)CCN)CC2)cc1. The molecule has 6 nitrogen and oxygen atoms in total. The van der Waals surface area contributed by atoms with Gasteiger partial charge in [-0.15, -0.1) is 0 Å². The number of ether oxygens (including phenoxy) is 1. The molecule has 1 saturated heterocycles. The Balaban J connectivity index is 1.68. The van der Waals surface area contributed by atoms with E-state index in [1.54, 1.807) is 9.80 Å². The van der Waals surface area contributed by atoms with Crippen molar-refractivity contribution in [3.05, 3.63) is 29.8 Å². The Morgan fingerprint density at radius 3 is 2.04 bits per heavy atom. The average molecular weight is 319 g/mol. The molecule has 2 rings (SSSR count). The highest BCUT2D eigenvalue weighted by Crippen LogP contribution is 2.12. The molecule has 1 aromatic rings.